The molecule has 15 heteroatoms. The van der Waals surface area contributed by atoms with Crippen molar-refractivity contribution in [3.8, 4) is 11.5 Å². The lowest BCUT2D eigenvalue weighted by molar-refractivity contribution is -0.123. The molecule has 2 fully saturated rings. The Morgan fingerprint density at radius 1 is 0.655 bits per heavy atom. The first-order valence-electron chi connectivity index (χ1n) is 18.2. The number of benzene rings is 2. The van der Waals surface area contributed by atoms with Crippen molar-refractivity contribution in [2.24, 2.45) is 5.92 Å². The molecule has 2 amide bonds. The number of anilines is 2. The quantitative estimate of drug-likeness (QED) is 0.104. The number of rotatable bonds is 10. The lowest BCUT2D eigenvalue weighted by atomic mass is 10.1. The normalized spacial score (nSPS) is 14.2. The van der Waals surface area contributed by atoms with Crippen LogP contribution in [-0.4, -0.2) is 41.9 Å². The Morgan fingerprint density at radius 2 is 1.15 bits per heavy atom. The van der Waals surface area contributed by atoms with Crippen molar-refractivity contribution in [2.45, 2.75) is 99.1 Å². The van der Waals surface area contributed by atoms with Crippen LogP contribution in [0.4, 0.5) is 11.6 Å². The minimum absolute atomic E-state index is 0. The third kappa shape index (κ3) is 11.0. The fourth-order valence-electron chi connectivity index (χ4n) is 5.72. The zero-order valence-corrected chi connectivity index (χ0v) is 34.7. The van der Waals surface area contributed by atoms with E-state index in [4.69, 9.17) is 4.42 Å². The maximum Gasteiger partial charge on any atom is 0.269 e. The van der Waals surface area contributed by atoms with Crippen LogP contribution >= 0.6 is 27.0 Å². The van der Waals surface area contributed by atoms with Crippen LogP contribution in [0.3, 0.4) is 0 Å². The van der Waals surface area contributed by atoms with Gasteiger partial charge in [0.1, 0.15) is 23.3 Å². The molecule has 2 aromatic carbocycles. The molecule has 0 aliphatic heterocycles. The summed E-state index contributed by atoms with van der Waals surface area (Å²) >= 11 is 0. The zero-order valence-electron chi connectivity index (χ0n) is 32.7. The van der Waals surface area contributed by atoms with E-state index in [1.54, 1.807) is 12.1 Å². The van der Waals surface area contributed by atoms with Gasteiger partial charge in [-0.15, -0.1) is 10.2 Å². The lowest BCUT2D eigenvalue weighted by Gasteiger charge is -2.18. The average Bonchev–Trinajstić information content (AvgIpc) is 4.10. The molecule has 292 valence electrons. The summed E-state index contributed by atoms with van der Waals surface area (Å²) in [4.78, 5) is 41.5. The predicted octanol–water partition coefficient (Wildman–Crippen LogP) is 7.47. The first kappa shape index (κ1) is 42.7. The minimum atomic E-state index is -0.325. The second-order valence-electron chi connectivity index (χ2n) is 14.1. The minimum Gasteiger partial charge on any atom is -0.420 e. The van der Waals surface area contributed by atoms with Gasteiger partial charge >= 0.3 is 0 Å². The third-order valence-electron chi connectivity index (χ3n) is 9.65. The van der Waals surface area contributed by atoms with Gasteiger partial charge in [-0.25, -0.2) is 19.9 Å². The molecule has 2 saturated carbocycles. The SMILES string of the molecule is Cc1nc(C)c(C)c(N[C@@H](C)c2ccc(-c3nnc(C4CC4)o3)cc2)n1.Cc1nc(C)c(C)c(N[C@@H](C)c2ccc(C(=O)NNC(=O)C3CC3)cc2)n1.S.S. The molecule has 13 nitrogen and oxygen atoms in total. The third-order valence-corrected chi connectivity index (χ3v) is 9.65. The Balaban J connectivity index is 0.000000236. The van der Waals surface area contributed by atoms with E-state index in [1.165, 1.54) is 5.56 Å². The molecule has 0 unspecified atom stereocenters. The number of aromatic nitrogens is 6. The van der Waals surface area contributed by atoms with E-state index < -0.39 is 0 Å². The van der Waals surface area contributed by atoms with Crippen LogP contribution < -0.4 is 21.5 Å². The Hall–Kier alpha value is -5.02. The van der Waals surface area contributed by atoms with Crippen molar-refractivity contribution in [2.75, 3.05) is 10.6 Å². The van der Waals surface area contributed by atoms with E-state index in [2.05, 4.69) is 70.7 Å². The number of hydrogen-bond acceptors (Lipinski definition) is 11. The Labute approximate surface area is 336 Å². The molecule has 0 radical (unpaired) electrons. The molecule has 2 aliphatic rings. The van der Waals surface area contributed by atoms with Gasteiger partial charge in [0.2, 0.25) is 17.7 Å². The first-order chi connectivity index (χ1) is 25.4. The molecule has 4 N–H and O–H groups in total. The largest absolute Gasteiger partial charge is 0.420 e. The van der Waals surface area contributed by atoms with E-state index in [9.17, 15) is 9.59 Å². The van der Waals surface area contributed by atoms with Crippen molar-refractivity contribution in [1.82, 2.24) is 41.0 Å². The molecule has 7 rings (SSSR count). The van der Waals surface area contributed by atoms with E-state index in [-0.39, 0.29) is 56.8 Å². The summed E-state index contributed by atoms with van der Waals surface area (Å²) in [5.41, 5.74) is 12.6. The fraction of sp³-hybridized carbons (Fsp3) is 0.400. The standard InChI is InChI=1S/C20H25N5O2.C20H23N5O.2H2S/c1-11-12(2)21-14(4)23-18(11)22-13(3)15-5-7-16(8-6-15)19(26)24-25-20(27)17-9-10-17;1-11-12(2)21-14(4)23-18(11)22-13(3)15-5-7-16(8-6-15)19-24-25-20(26-19)17-9-10-17;;/h5-8,13,17H,9-10H2,1-4H3,(H,24,26)(H,25,27)(H,21,22,23);5-8,13,17H,9-10H2,1-4H3,(H,21,22,23);2*1H2/t2*13-;;/m00../s1. The number of carbonyl (C=O) groups excluding carboxylic acids is 2. The molecule has 55 heavy (non-hydrogen) atoms. The zero-order chi connectivity index (χ0) is 37.8. The number of nitrogens with zero attached hydrogens (tertiary/aromatic N) is 6. The summed E-state index contributed by atoms with van der Waals surface area (Å²) < 4.78 is 5.78. The molecule has 2 aliphatic carbocycles. The van der Waals surface area contributed by atoms with Crippen LogP contribution in [0.1, 0.15) is 119 Å². The molecule has 0 spiro atoms. The highest BCUT2D eigenvalue weighted by atomic mass is 32.1. The van der Waals surface area contributed by atoms with Crippen molar-refractivity contribution in [3.63, 3.8) is 0 Å². The number of hydrogen-bond donors (Lipinski definition) is 4. The summed E-state index contributed by atoms with van der Waals surface area (Å²) in [6, 6.07) is 15.7. The second kappa shape index (κ2) is 18.5. The van der Waals surface area contributed by atoms with Gasteiger partial charge in [0.05, 0.1) is 0 Å². The van der Waals surface area contributed by atoms with E-state index in [1.807, 2.05) is 72.7 Å². The van der Waals surface area contributed by atoms with Gasteiger partial charge in [-0.3, -0.25) is 20.4 Å². The summed E-state index contributed by atoms with van der Waals surface area (Å²) in [6.07, 6.45) is 4.11. The van der Waals surface area contributed by atoms with Crippen LogP contribution in [0.15, 0.2) is 52.9 Å². The summed E-state index contributed by atoms with van der Waals surface area (Å²) in [6.45, 7) is 16.0. The number of hydrazine groups is 1. The van der Waals surface area contributed by atoms with Crippen molar-refractivity contribution in [1.29, 1.82) is 0 Å². The molecular formula is C40H52N10O3S2. The summed E-state index contributed by atoms with van der Waals surface area (Å²) in [5, 5.41) is 15.2. The van der Waals surface area contributed by atoms with Crippen LogP contribution in [-0.2, 0) is 4.79 Å². The second-order valence-corrected chi connectivity index (χ2v) is 14.1. The Kier molecular flexibility index (Phi) is 14.4. The molecule has 2 atom stereocenters. The molecule has 5 aromatic rings. The molecule has 3 heterocycles. The highest BCUT2D eigenvalue weighted by Gasteiger charge is 2.30. The first-order valence-corrected chi connectivity index (χ1v) is 18.2. The molecule has 3 aromatic heterocycles. The molecule has 0 saturated heterocycles. The predicted molar refractivity (Wildman–Crippen MR) is 224 cm³/mol. The van der Waals surface area contributed by atoms with Gasteiger partial charge < -0.3 is 15.1 Å². The smallest absolute Gasteiger partial charge is 0.269 e. The fourth-order valence-corrected chi connectivity index (χ4v) is 5.72. The number of nitrogens with one attached hydrogen (secondary N) is 4. The van der Waals surface area contributed by atoms with Gasteiger partial charge in [-0.2, -0.15) is 27.0 Å². The van der Waals surface area contributed by atoms with Crippen molar-refractivity contribution < 1.29 is 14.0 Å². The van der Waals surface area contributed by atoms with Gasteiger partial charge in [0.15, 0.2) is 0 Å². The summed E-state index contributed by atoms with van der Waals surface area (Å²) in [7, 11) is 0. The van der Waals surface area contributed by atoms with Gasteiger partial charge in [0, 0.05) is 57.6 Å². The van der Waals surface area contributed by atoms with E-state index >= 15 is 0 Å². The van der Waals surface area contributed by atoms with Gasteiger partial charge in [0.25, 0.3) is 5.91 Å². The number of aryl methyl sites for hydroxylation is 4. The van der Waals surface area contributed by atoms with Crippen LogP contribution in [0.25, 0.3) is 11.5 Å². The monoisotopic (exact) mass is 784 g/mol. The number of carbonyl (C=O) groups is 2. The Morgan fingerprint density at radius 3 is 1.62 bits per heavy atom. The van der Waals surface area contributed by atoms with Crippen LogP contribution in [0.2, 0.25) is 0 Å². The molecular weight excluding hydrogens is 733 g/mol. The topological polar surface area (TPSA) is 173 Å². The lowest BCUT2D eigenvalue weighted by Crippen LogP contribution is -2.42. The van der Waals surface area contributed by atoms with Crippen LogP contribution in [0.5, 0.6) is 0 Å². The maximum absolute atomic E-state index is 12.1. The van der Waals surface area contributed by atoms with Gasteiger partial charge in [-0.1, -0.05) is 24.3 Å². The van der Waals surface area contributed by atoms with Crippen molar-refractivity contribution in [3.05, 3.63) is 105 Å². The van der Waals surface area contributed by atoms with Crippen molar-refractivity contribution >= 4 is 50.4 Å². The molecule has 0 bridgehead atoms. The van der Waals surface area contributed by atoms with E-state index in [0.29, 0.717) is 17.4 Å². The highest BCUT2D eigenvalue weighted by molar-refractivity contribution is 7.59. The number of amides is 2. The average molecular weight is 785 g/mol. The van der Waals surface area contributed by atoms with Gasteiger partial charge in [-0.05, 0) is 116 Å². The summed E-state index contributed by atoms with van der Waals surface area (Å²) in [5.74, 6) is 4.65. The maximum atomic E-state index is 12.1. The highest BCUT2D eigenvalue weighted by Crippen LogP contribution is 2.40. The van der Waals surface area contributed by atoms with Crippen LogP contribution in [0, 0.1) is 47.5 Å². The Bertz CT molecular complexity index is 2100. The van der Waals surface area contributed by atoms with E-state index in [0.717, 1.165) is 88.5 Å².